The van der Waals surface area contributed by atoms with Gasteiger partial charge in [-0.1, -0.05) is 60.1 Å². The molecule has 1 heterocycles. The molecule has 152 valence electrons. The lowest BCUT2D eigenvalue weighted by molar-refractivity contribution is -0.117. The largest absolute Gasteiger partial charge is 0.309 e. The quantitative estimate of drug-likeness (QED) is 0.533. The van der Waals surface area contributed by atoms with Gasteiger partial charge in [-0.05, 0) is 49.2 Å². The molecule has 0 aromatic heterocycles. The highest BCUT2D eigenvalue weighted by Gasteiger charge is 2.38. The molecule has 2 unspecified atom stereocenters. The van der Waals surface area contributed by atoms with Crippen LogP contribution in [-0.2, 0) is 4.79 Å². The molecule has 0 fully saturated rings. The number of nitrogens with zero attached hydrogens (tertiary/aromatic N) is 2. The van der Waals surface area contributed by atoms with Crippen LogP contribution in [0, 0.1) is 0 Å². The number of anilines is 2. The van der Waals surface area contributed by atoms with Gasteiger partial charge in [0.05, 0.1) is 16.6 Å². The average Bonchev–Trinajstić information content (AvgIpc) is 2.74. The zero-order chi connectivity index (χ0) is 21.3. The van der Waals surface area contributed by atoms with Gasteiger partial charge in [-0.15, -0.1) is 0 Å². The van der Waals surface area contributed by atoms with Crippen LogP contribution in [0.2, 0.25) is 5.02 Å². The highest BCUT2D eigenvalue weighted by Crippen LogP contribution is 2.43. The molecule has 2 atom stereocenters. The molecule has 3 aromatic rings. The zero-order valence-electron chi connectivity index (χ0n) is 17.0. The lowest BCUT2D eigenvalue weighted by Gasteiger charge is -2.43. The number of fused-ring (bicyclic) bond motifs is 1. The molecule has 1 aliphatic rings. The summed E-state index contributed by atoms with van der Waals surface area (Å²) < 4.78 is 0. The van der Waals surface area contributed by atoms with Crippen LogP contribution in [0.3, 0.4) is 0 Å². The van der Waals surface area contributed by atoms with Crippen LogP contribution in [-0.4, -0.2) is 17.9 Å². The van der Waals surface area contributed by atoms with Gasteiger partial charge in [0.1, 0.15) is 0 Å². The molecule has 0 bridgehead atoms. The van der Waals surface area contributed by atoms with Crippen molar-refractivity contribution >= 4 is 34.8 Å². The third kappa shape index (κ3) is 3.59. The zero-order valence-corrected chi connectivity index (χ0v) is 17.7. The Morgan fingerprint density at radius 3 is 2.27 bits per heavy atom. The molecule has 3 aromatic carbocycles. The molecule has 1 aliphatic heterocycles. The Bertz CT molecular complexity index is 1080. The Kier molecular flexibility index (Phi) is 5.60. The molecule has 4 nitrogen and oxygen atoms in total. The molecule has 2 amide bonds. The van der Waals surface area contributed by atoms with Crippen molar-refractivity contribution in [2.75, 3.05) is 9.80 Å². The summed E-state index contributed by atoms with van der Waals surface area (Å²) in [4.78, 5) is 29.7. The summed E-state index contributed by atoms with van der Waals surface area (Å²) in [5, 5.41) is 0.422. The third-order valence-electron chi connectivity index (χ3n) is 5.57. The maximum Gasteiger partial charge on any atom is 0.260 e. The fourth-order valence-corrected chi connectivity index (χ4v) is 4.51. The predicted octanol–water partition coefficient (Wildman–Crippen LogP) is 5.87. The number of halogens is 1. The molecular formula is C25H23ClN2O2. The van der Waals surface area contributed by atoms with Crippen molar-refractivity contribution in [3.05, 3.63) is 95.0 Å². The Hall–Kier alpha value is -3.11. The number of hydrogen-bond acceptors (Lipinski definition) is 2. The summed E-state index contributed by atoms with van der Waals surface area (Å²) in [6.07, 6.45) is 0.627. The second-order valence-electron chi connectivity index (χ2n) is 7.54. The van der Waals surface area contributed by atoms with E-state index in [1.165, 1.54) is 0 Å². The summed E-state index contributed by atoms with van der Waals surface area (Å²) in [5.74, 6) is -0.160. The second-order valence-corrected chi connectivity index (χ2v) is 7.95. The van der Waals surface area contributed by atoms with Gasteiger partial charge in [-0.3, -0.25) is 9.59 Å². The van der Waals surface area contributed by atoms with Crippen molar-refractivity contribution < 1.29 is 9.59 Å². The highest BCUT2D eigenvalue weighted by molar-refractivity contribution is 6.34. The van der Waals surface area contributed by atoms with E-state index in [9.17, 15) is 9.59 Å². The fraction of sp³-hybridized carbons (Fsp3) is 0.200. The molecule has 0 spiro atoms. The van der Waals surface area contributed by atoms with E-state index in [1.807, 2.05) is 83.5 Å². The van der Waals surface area contributed by atoms with Gasteiger partial charge in [0, 0.05) is 24.3 Å². The lowest BCUT2D eigenvalue weighted by atomic mass is 9.89. The molecule has 0 radical (unpaired) electrons. The van der Waals surface area contributed by atoms with E-state index in [1.54, 1.807) is 19.1 Å². The number of carbonyl (C=O) groups excluding carboxylic acids is 2. The Morgan fingerprint density at radius 1 is 0.933 bits per heavy atom. The van der Waals surface area contributed by atoms with Gasteiger partial charge in [0.15, 0.2) is 0 Å². The Balaban J connectivity index is 1.88. The Morgan fingerprint density at radius 2 is 1.57 bits per heavy atom. The summed E-state index contributed by atoms with van der Waals surface area (Å²) in [5.41, 5.74) is 3.06. The summed E-state index contributed by atoms with van der Waals surface area (Å²) >= 11 is 6.38. The monoisotopic (exact) mass is 418 g/mol. The van der Waals surface area contributed by atoms with E-state index in [4.69, 9.17) is 11.6 Å². The van der Waals surface area contributed by atoms with Crippen molar-refractivity contribution in [1.29, 1.82) is 0 Å². The number of para-hydroxylation sites is 2. The van der Waals surface area contributed by atoms with E-state index in [2.05, 4.69) is 0 Å². The van der Waals surface area contributed by atoms with Crippen molar-refractivity contribution in [2.24, 2.45) is 0 Å². The first-order valence-electron chi connectivity index (χ1n) is 10.0. The minimum absolute atomic E-state index is 0.00269. The lowest BCUT2D eigenvalue weighted by Crippen LogP contribution is -2.47. The minimum atomic E-state index is -0.224. The van der Waals surface area contributed by atoms with Crippen LogP contribution < -0.4 is 9.80 Å². The van der Waals surface area contributed by atoms with E-state index >= 15 is 0 Å². The van der Waals surface area contributed by atoms with Gasteiger partial charge < -0.3 is 9.80 Å². The van der Waals surface area contributed by atoms with Crippen molar-refractivity contribution in [2.45, 2.75) is 32.4 Å². The molecular weight excluding hydrogens is 396 g/mol. The van der Waals surface area contributed by atoms with Crippen LogP contribution in [0.4, 0.5) is 11.4 Å². The maximum atomic E-state index is 13.8. The highest BCUT2D eigenvalue weighted by atomic mass is 35.5. The third-order valence-corrected chi connectivity index (χ3v) is 5.90. The van der Waals surface area contributed by atoms with Crippen LogP contribution in [0.25, 0.3) is 0 Å². The van der Waals surface area contributed by atoms with Crippen molar-refractivity contribution in [3.8, 4) is 0 Å². The molecule has 5 heteroatoms. The topological polar surface area (TPSA) is 40.6 Å². The smallest absolute Gasteiger partial charge is 0.260 e. The second kappa shape index (κ2) is 8.33. The molecule has 0 aliphatic carbocycles. The molecule has 30 heavy (non-hydrogen) atoms. The normalized spacial score (nSPS) is 17.9. The number of rotatable bonds is 3. The maximum absolute atomic E-state index is 13.8. The summed E-state index contributed by atoms with van der Waals surface area (Å²) in [7, 11) is 0. The Labute approximate surface area is 181 Å². The van der Waals surface area contributed by atoms with Crippen molar-refractivity contribution in [3.63, 3.8) is 0 Å². The summed E-state index contributed by atoms with van der Waals surface area (Å²) in [6, 6.07) is 24.3. The molecule has 0 N–H and O–H groups in total. The van der Waals surface area contributed by atoms with Gasteiger partial charge in [-0.25, -0.2) is 0 Å². The van der Waals surface area contributed by atoms with Gasteiger partial charge in [0.25, 0.3) is 5.91 Å². The van der Waals surface area contributed by atoms with Crippen LogP contribution in [0.1, 0.15) is 42.2 Å². The van der Waals surface area contributed by atoms with E-state index in [0.717, 1.165) is 16.9 Å². The van der Waals surface area contributed by atoms with Gasteiger partial charge in [-0.2, -0.15) is 0 Å². The van der Waals surface area contributed by atoms with E-state index in [-0.39, 0.29) is 23.9 Å². The number of benzene rings is 3. The number of carbonyl (C=O) groups is 2. The molecule has 0 saturated heterocycles. The first-order chi connectivity index (χ1) is 14.5. The predicted molar refractivity (Wildman–Crippen MR) is 121 cm³/mol. The molecule has 0 saturated carbocycles. The van der Waals surface area contributed by atoms with Crippen LogP contribution in [0.15, 0.2) is 78.9 Å². The van der Waals surface area contributed by atoms with Gasteiger partial charge in [0.2, 0.25) is 5.91 Å². The van der Waals surface area contributed by atoms with Gasteiger partial charge >= 0.3 is 0 Å². The first-order valence-corrected chi connectivity index (χ1v) is 10.4. The fourth-order valence-electron chi connectivity index (χ4n) is 4.30. The minimum Gasteiger partial charge on any atom is -0.309 e. The van der Waals surface area contributed by atoms with Crippen LogP contribution in [0.5, 0.6) is 0 Å². The number of amides is 2. The average molecular weight is 419 g/mol. The standard InChI is InChI=1S/C25H23ClN2O2/c1-17-16-24(21-13-7-9-15-23(21)27(17)18(2)29)28(19-10-4-3-5-11-19)25(30)20-12-6-8-14-22(20)26/h3-15,17,24H,16H2,1-2H3. The van der Waals surface area contributed by atoms with E-state index < -0.39 is 0 Å². The SMILES string of the molecule is CC(=O)N1c2ccccc2C(N(C(=O)c2ccccc2Cl)c2ccccc2)CC1C. The summed E-state index contributed by atoms with van der Waals surface area (Å²) in [6.45, 7) is 3.60. The molecule has 4 rings (SSSR count). The van der Waals surface area contributed by atoms with Crippen molar-refractivity contribution in [1.82, 2.24) is 0 Å². The van der Waals surface area contributed by atoms with Crippen LogP contribution >= 0.6 is 11.6 Å². The first kappa shape index (κ1) is 20.2. The van der Waals surface area contributed by atoms with E-state index in [0.29, 0.717) is 17.0 Å². The number of hydrogen-bond donors (Lipinski definition) is 0.